The highest BCUT2D eigenvalue weighted by atomic mass is 79.9. The zero-order valence-corrected chi connectivity index (χ0v) is 12.3. The van der Waals surface area contributed by atoms with Gasteiger partial charge in [-0.15, -0.1) is 11.3 Å². The summed E-state index contributed by atoms with van der Waals surface area (Å²) in [6.45, 7) is 11.2. The molecule has 0 aliphatic rings. The van der Waals surface area contributed by atoms with Gasteiger partial charge in [0.1, 0.15) is 0 Å². The third kappa shape index (κ3) is 4.66. The Morgan fingerprint density at radius 3 is 2.60 bits per heavy atom. The highest BCUT2D eigenvalue weighted by Gasteiger charge is 2.19. The first-order valence-corrected chi connectivity index (χ1v) is 7.00. The third-order valence-corrected chi connectivity index (χ3v) is 4.55. The van der Waals surface area contributed by atoms with Crippen molar-refractivity contribution in [3.63, 3.8) is 0 Å². The summed E-state index contributed by atoms with van der Waals surface area (Å²) in [6, 6.07) is 2.18. The molecule has 86 valence electrons. The molecule has 3 heteroatoms. The van der Waals surface area contributed by atoms with Crippen molar-refractivity contribution in [1.29, 1.82) is 0 Å². The standard InChI is InChI=1S/C12H20BrNS/c1-9(12(2,3)4)6-14-7-11-5-10(13)8-15-11/h5,8-9,14H,6-7H2,1-4H3. The van der Waals surface area contributed by atoms with Crippen LogP contribution in [-0.2, 0) is 6.54 Å². The van der Waals surface area contributed by atoms with Crippen LogP contribution in [0.5, 0.6) is 0 Å². The van der Waals surface area contributed by atoms with Gasteiger partial charge in [0.15, 0.2) is 0 Å². The summed E-state index contributed by atoms with van der Waals surface area (Å²) in [7, 11) is 0. The number of nitrogens with one attached hydrogen (secondary N) is 1. The summed E-state index contributed by atoms with van der Waals surface area (Å²) < 4.78 is 1.19. The summed E-state index contributed by atoms with van der Waals surface area (Å²) in [5.41, 5.74) is 0.392. The predicted octanol–water partition coefficient (Wildman–Crippen LogP) is 4.28. The van der Waals surface area contributed by atoms with Crippen molar-refractivity contribution in [3.8, 4) is 0 Å². The quantitative estimate of drug-likeness (QED) is 0.872. The molecule has 1 aromatic rings. The van der Waals surface area contributed by atoms with Gasteiger partial charge in [0.25, 0.3) is 0 Å². The maximum absolute atomic E-state index is 3.51. The van der Waals surface area contributed by atoms with Gasteiger partial charge >= 0.3 is 0 Å². The minimum atomic E-state index is 0.392. The summed E-state index contributed by atoms with van der Waals surface area (Å²) in [5, 5.41) is 5.64. The van der Waals surface area contributed by atoms with E-state index in [1.165, 1.54) is 9.35 Å². The van der Waals surface area contributed by atoms with Crippen LogP contribution in [0.2, 0.25) is 0 Å². The lowest BCUT2D eigenvalue weighted by Gasteiger charge is -2.27. The smallest absolute Gasteiger partial charge is 0.0300 e. The number of halogens is 1. The van der Waals surface area contributed by atoms with Gasteiger partial charge in [-0.25, -0.2) is 0 Å². The fraction of sp³-hybridized carbons (Fsp3) is 0.667. The Kier molecular flexibility index (Phi) is 4.81. The Bertz CT molecular complexity index is 301. The summed E-state index contributed by atoms with van der Waals surface area (Å²) in [6.07, 6.45) is 0. The van der Waals surface area contributed by atoms with Crippen molar-refractivity contribution in [1.82, 2.24) is 5.32 Å². The minimum Gasteiger partial charge on any atom is -0.312 e. The lowest BCUT2D eigenvalue weighted by atomic mass is 9.82. The molecule has 15 heavy (non-hydrogen) atoms. The van der Waals surface area contributed by atoms with Gasteiger partial charge < -0.3 is 5.32 Å². The lowest BCUT2D eigenvalue weighted by Crippen LogP contribution is -2.29. The van der Waals surface area contributed by atoms with Gasteiger partial charge in [-0.1, -0.05) is 27.7 Å². The Morgan fingerprint density at radius 2 is 2.13 bits per heavy atom. The highest BCUT2D eigenvalue weighted by Crippen LogP contribution is 2.25. The molecule has 1 atom stereocenters. The van der Waals surface area contributed by atoms with E-state index in [1.54, 1.807) is 11.3 Å². The molecule has 1 unspecified atom stereocenters. The van der Waals surface area contributed by atoms with Crippen molar-refractivity contribution in [3.05, 3.63) is 20.8 Å². The first-order chi connectivity index (χ1) is 6.89. The molecule has 0 saturated heterocycles. The molecule has 1 N–H and O–H groups in total. The zero-order chi connectivity index (χ0) is 11.5. The fourth-order valence-corrected chi connectivity index (χ4v) is 2.59. The second kappa shape index (κ2) is 5.46. The van der Waals surface area contributed by atoms with E-state index in [0.29, 0.717) is 11.3 Å². The second-order valence-electron chi connectivity index (χ2n) is 5.13. The Hall–Kier alpha value is 0.140. The van der Waals surface area contributed by atoms with Crippen LogP contribution >= 0.6 is 27.3 Å². The fourth-order valence-electron chi connectivity index (χ4n) is 1.16. The molecular weight excluding hydrogens is 270 g/mol. The second-order valence-corrected chi connectivity index (χ2v) is 7.04. The maximum atomic E-state index is 3.51. The van der Waals surface area contributed by atoms with Crippen molar-refractivity contribution >= 4 is 27.3 Å². The highest BCUT2D eigenvalue weighted by molar-refractivity contribution is 9.10. The van der Waals surface area contributed by atoms with Gasteiger partial charge in [0.2, 0.25) is 0 Å². The first-order valence-electron chi connectivity index (χ1n) is 5.33. The average Bonchev–Trinajstić information content (AvgIpc) is 2.49. The first kappa shape index (κ1) is 13.2. The molecule has 1 heterocycles. The molecule has 0 aliphatic heterocycles. The average molecular weight is 290 g/mol. The molecule has 1 nitrogen and oxygen atoms in total. The topological polar surface area (TPSA) is 12.0 Å². The van der Waals surface area contributed by atoms with Gasteiger partial charge in [-0.3, -0.25) is 0 Å². The normalized spacial score (nSPS) is 14.2. The van der Waals surface area contributed by atoms with E-state index in [-0.39, 0.29) is 0 Å². The van der Waals surface area contributed by atoms with E-state index in [1.807, 2.05) is 0 Å². The molecule has 1 rings (SSSR count). The zero-order valence-electron chi connectivity index (χ0n) is 9.93. The number of hydrogen-bond acceptors (Lipinski definition) is 2. The van der Waals surface area contributed by atoms with E-state index in [0.717, 1.165) is 13.1 Å². The summed E-state index contributed by atoms with van der Waals surface area (Å²) in [4.78, 5) is 1.39. The van der Waals surface area contributed by atoms with Crippen molar-refractivity contribution < 1.29 is 0 Å². The molecule has 0 spiro atoms. The number of thiophene rings is 1. The Morgan fingerprint density at radius 1 is 1.47 bits per heavy atom. The van der Waals surface area contributed by atoms with Crippen LogP contribution in [0.3, 0.4) is 0 Å². The molecule has 0 saturated carbocycles. The van der Waals surface area contributed by atoms with E-state index in [9.17, 15) is 0 Å². The molecule has 0 radical (unpaired) electrons. The summed E-state index contributed by atoms with van der Waals surface area (Å²) >= 11 is 5.27. The van der Waals surface area contributed by atoms with Crippen LogP contribution in [0.25, 0.3) is 0 Å². The monoisotopic (exact) mass is 289 g/mol. The van der Waals surface area contributed by atoms with Gasteiger partial charge in [0, 0.05) is 21.3 Å². The molecule has 0 fully saturated rings. The third-order valence-electron chi connectivity index (χ3n) is 2.85. The number of hydrogen-bond donors (Lipinski definition) is 1. The maximum Gasteiger partial charge on any atom is 0.0300 e. The predicted molar refractivity (Wildman–Crippen MR) is 72.3 cm³/mol. The largest absolute Gasteiger partial charge is 0.312 e. The Labute approximate surface area is 105 Å². The van der Waals surface area contributed by atoms with Crippen molar-refractivity contribution in [2.24, 2.45) is 11.3 Å². The van der Waals surface area contributed by atoms with Crippen LogP contribution in [0, 0.1) is 11.3 Å². The lowest BCUT2D eigenvalue weighted by molar-refractivity contribution is 0.253. The molecule has 0 bridgehead atoms. The van der Waals surface area contributed by atoms with Gasteiger partial charge in [0.05, 0.1) is 0 Å². The number of rotatable bonds is 4. The van der Waals surface area contributed by atoms with Crippen molar-refractivity contribution in [2.45, 2.75) is 34.2 Å². The van der Waals surface area contributed by atoms with Crippen LogP contribution in [0.1, 0.15) is 32.6 Å². The van der Waals surface area contributed by atoms with Gasteiger partial charge in [-0.05, 0) is 39.9 Å². The van der Waals surface area contributed by atoms with E-state index in [4.69, 9.17) is 0 Å². The molecule has 0 aromatic carbocycles. The SMILES string of the molecule is CC(CNCc1cc(Br)cs1)C(C)(C)C. The van der Waals surface area contributed by atoms with E-state index >= 15 is 0 Å². The van der Waals surface area contributed by atoms with Crippen LogP contribution in [0.15, 0.2) is 15.9 Å². The minimum absolute atomic E-state index is 0.392. The molecule has 0 amide bonds. The Balaban J connectivity index is 2.28. The van der Waals surface area contributed by atoms with Crippen molar-refractivity contribution in [2.75, 3.05) is 6.54 Å². The van der Waals surface area contributed by atoms with E-state index in [2.05, 4.69) is 60.4 Å². The molecular formula is C12H20BrNS. The van der Waals surface area contributed by atoms with Crippen LogP contribution in [-0.4, -0.2) is 6.54 Å². The summed E-state index contributed by atoms with van der Waals surface area (Å²) in [5.74, 6) is 0.695. The van der Waals surface area contributed by atoms with Gasteiger partial charge in [-0.2, -0.15) is 0 Å². The van der Waals surface area contributed by atoms with Crippen LogP contribution < -0.4 is 5.32 Å². The van der Waals surface area contributed by atoms with Crippen LogP contribution in [0.4, 0.5) is 0 Å². The molecule has 0 aliphatic carbocycles. The molecule has 1 aromatic heterocycles. The van der Waals surface area contributed by atoms with E-state index < -0.39 is 0 Å².